The lowest BCUT2D eigenvalue weighted by Crippen LogP contribution is -2.03. The molecule has 0 spiro atoms. The molecule has 1 aromatic heterocycles. The van der Waals surface area contributed by atoms with Gasteiger partial charge >= 0.3 is 0 Å². The van der Waals surface area contributed by atoms with E-state index in [1.54, 1.807) is 30.4 Å². The van der Waals surface area contributed by atoms with Crippen molar-refractivity contribution in [3.63, 3.8) is 0 Å². The molecule has 2 aromatic rings. The quantitative estimate of drug-likeness (QED) is 0.741. The van der Waals surface area contributed by atoms with Crippen LogP contribution in [0.3, 0.4) is 0 Å². The summed E-state index contributed by atoms with van der Waals surface area (Å²) < 4.78 is 13.3. The van der Waals surface area contributed by atoms with Gasteiger partial charge in [0.05, 0.1) is 0 Å². The predicted octanol–water partition coefficient (Wildman–Crippen LogP) is 3.62. The summed E-state index contributed by atoms with van der Waals surface area (Å²) in [6, 6.07) is 6.53. The number of halogens is 1. The first-order valence-corrected chi connectivity index (χ1v) is 5.91. The van der Waals surface area contributed by atoms with Crippen LogP contribution in [0.2, 0.25) is 0 Å². The number of carbonyl (C=O) groups excluding carboxylic acids is 1. The highest BCUT2D eigenvalue weighted by atomic mass is 32.1. The van der Waals surface area contributed by atoms with Crippen molar-refractivity contribution in [2.45, 2.75) is 13.3 Å². The van der Waals surface area contributed by atoms with Gasteiger partial charge in [-0.1, -0.05) is 12.1 Å². The molecule has 0 saturated heterocycles. The van der Waals surface area contributed by atoms with Crippen LogP contribution in [0, 0.1) is 12.7 Å². The van der Waals surface area contributed by atoms with Crippen LogP contribution in [-0.2, 0) is 6.42 Å². The van der Waals surface area contributed by atoms with Gasteiger partial charge in [0, 0.05) is 12.0 Å². The third kappa shape index (κ3) is 2.36. The molecular formula is C13H11FOS. The van der Waals surface area contributed by atoms with E-state index in [4.69, 9.17) is 0 Å². The molecule has 0 bridgehead atoms. The first kappa shape index (κ1) is 11.0. The second kappa shape index (κ2) is 4.58. The summed E-state index contributed by atoms with van der Waals surface area (Å²) in [7, 11) is 0. The van der Waals surface area contributed by atoms with Gasteiger partial charge in [-0.25, -0.2) is 4.39 Å². The molecule has 3 heteroatoms. The molecule has 0 fully saturated rings. The van der Waals surface area contributed by atoms with Crippen molar-refractivity contribution in [2.24, 2.45) is 0 Å². The minimum Gasteiger partial charge on any atom is -0.294 e. The van der Waals surface area contributed by atoms with Gasteiger partial charge in [-0.3, -0.25) is 4.79 Å². The molecular weight excluding hydrogens is 223 g/mol. The van der Waals surface area contributed by atoms with Crippen LogP contribution in [0.4, 0.5) is 4.39 Å². The number of rotatable bonds is 3. The average molecular weight is 234 g/mol. The van der Waals surface area contributed by atoms with Crippen molar-refractivity contribution in [3.8, 4) is 0 Å². The van der Waals surface area contributed by atoms with E-state index in [0.29, 0.717) is 17.5 Å². The zero-order chi connectivity index (χ0) is 11.5. The van der Waals surface area contributed by atoms with Crippen LogP contribution < -0.4 is 0 Å². The Morgan fingerprint density at radius 2 is 2.19 bits per heavy atom. The van der Waals surface area contributed by atoms with Crippen LogP contribution in [0.15, 0.2) is 35.0 Å². The van der Waals surface area contributed by atoms with Crippen LogP contribution in [0.5, 0.6) is 0 Å². The number of aryl methyl sites for hydroxylation is 1. The number of hydrogen-bond donors (Lipinski definition) is 0. The molecule has 0 aliphatic carbocycles. The summed E-state index contributed by atoms with van der Waals surface area (Å²) in [5.74, 6) is -0.367. The molecule has 82 valence electrons. The standard InChI is InChI=1S/C13H11FOS/c1-9-2-3-11(7-12(9)14)13(15)6-10-4-5-16-8-10/h2-5,7-8H,6H2,1H3. The lowest BCUT2D eigenvalue weighted by molar-refractivity contribution is 0.0992. The SMILES string of the molecule is Cc1ccc(C(=O)Cc2ccsc2)cc1F. The first-order valence-electron chi connectivity index (χ1n) is 4.97. The maximum absolute atomic E-state index is 13.3. The minimum atomic E-state index is -0.323. The molecule has 0 atom stereocenters. The third-order valence-corrected chi connectivity index (χ3v) is 3.17. The van der Waals surface area contributed by atoms with Gasteiger partial charge in [-0.05, 0) is 40.9 Å². The summed E-state index contributed by atoms with van der Waals surface area (Å²) in [4.78, 5) is 11.8. The molecule has 1 aromatic carbocycles. The molecule has 0 amide bonds. The third-order valence-electron chi connectivity index (χ3n) is 2.44. The van der Waals surface area contributed by atoms with Crippen molar-refractivity contribution in [2.75, 3.05) is 0 Å². The summed E-state index contributed by atoms with van der Waals surface area (Å²) in [5, 5.41) is 3.86. The number of carbonyl (C=O) groups is 1. The van der Waals surface area contributed by atoms with Crippen molar-refractivity contribution >= 4 is 17.1 Å². The van der Waals surface area contributed by atoms with E-state index in [0.717, 1.165) is 5.56 Å². The van der Waals surface area contributed by atoms with E-state index in [1.165, 1.54) is 6.07 Å². The number of hydrogen-bond acceptors (Lipinski definition) is 2. The van der Waals surface area contributed by atoms with Gasteiger partial charge in [0.15, 0.2) is 5.78 Å². The number of thiophene rings is 1. The minimum absolute atomic E-state index is 0.0442. The van der Waals surface area contributed by atoms with Gasteiger partial charge in [0.25, 0.3) is 0 Å². The van der Waals surface area contributed by atoms with E-state index in [9.17, 15) is 9.18 Å². The molecule has 0 saturated carbocycles. The molecule has 16 heavy (non-hydrogen) atoms. The highest BCUT2D eigenvalue weighted by Crippen LogP contribution is 2.13. The topological polar surface area (TPSA) is 17.1 Å². The van der Waals surface area contributed by atoms with E-state index < -0.39 is 0 Å². The Balaban J connectivity index is 2.18. The Hall–Kier alpha value is -1.48. The van der Waals surface area contributed by atoms with Crippen molar-refractivity contribution in [1.82, 2.24) is 0 Å². The molecule has 0 unspecified atom stereocenters. The van der Waals surface area contributed by atoms with E-state index >= 15 is 0 Å². The van der Waals surface area contributed by atoms with Crippen molar-refractivity contribution < 1.29 is 9.18 Å². The van der Waals surface area contributed by atoms with Crippen LogP contribution in [0.1, 0.15) is 21.5 Å². The maximum atomic E-state index is 13.3. The highest BCUT2D eigenvalue weighted by molar-refractivity contribution is 7.08. The molecule has 0 aliphatic rings. The van der Waals surface area contributed by atoms with E-state index in [-0.39, 0.29) is 11.6 Å². The summed E-state index contributed by atoms with van der Waals surface area (Å²) in [6.45, 7) is 1.68. The molecule has 2 rings (SSSR count). The summed E-state index contributed by atoms with van der Waals surface area (Å²) >= 11 is 1.56. The largest absolute Gasteiger partial charge is 0.294 e. The van der Waals surface area contributed by atoms with Gasteiger partial charge in [0.1, 0.15) is 5.82 Å². The van der Waals surface area contributed by atoms with Crippen LogP contribution in [0.25, 0.3) is 0 Å². The highest BCUT2D eigenvalue weighted by Gasteiger charge is 2.09. The molecule has 0 N–H and O–H groups in total. The fourth-order valence-corrected chi connectivity index (χ4v) is 2.12. The first-order chi connectivity index (χ1) is 7.66. The number of ketones is 1. The molecule has 1 heterocycles. The molecule has 0 radical (unpaired) electrons. The summed E-state index contributed by atoms with van der Waals surface area (Å²) in [6.07, 6.45) is 0.339. The smallest absolute Gasteiger partial charge is 0.167 e. The summed E-state index contributed by atoms with van der Waals surface area (Å²) in [5.41, 5.74) is 1.98. The van der Waals surface area contributed by atoms with E-state index in [1.807, 2.05) is 16.8 Å². The van der Waals surface area contributed by atoms with Crippen molar-refractivity contribution in [1.29, 1.82) is 0 Å². The number of benzene rings is 1. The van der Waals surface area contributed by atoms with Crippen LogP contribution >= 0.6 is 11.3 Å². The predicted molar refractivity (Wildman–Crippen MR) is 63.5 cm³/mol. The number of Topliss-reactive ketones (excluding diaryl/α,β-unsaturated/α-hetero) is 1. The Labute approximate surface area is 97.6 Å². The fourth-order valence-electron chi connectivity index (χ4n) is 1.45. The van der Waals surface area contributed by atoms with Gasteiger partial charge < -0.3 is 0 Å². The van der Waals surface area contributed by atoms with Gasteiger partial charge in [0.2, 0.25) is 0 Å². The second-order valence-corrected chi connectivity index (χ2v) is 4.48. The average Bonchev–Trinajstić information content (AvgIpc) is 2.74. The van der Waals surface area contributed by atoms with Crippen LogP contribution in [-0.4, -0.2) is 5.78 Å². The van der Waals surface area contributed by atoms with Gasteiger partial charge in [-0.2, -0.15) is 11.3 Å². The molecule has 1 nitrogen and oxygen atoms in total. The monoisotopic (exact) mass is 234 g/mol. The normalized spacial score (nSPS) is 10.4. The Morgan fingerprint density at radius 3 is 2.81 bits per heavy atom. The fraction of sp³-hybridized carbons (Fsp3) is 0.154. The Bertz CT molecular complexity index is 503. The van der Waals surface area contributed by atoms with E-state index in [2.05, 4.69) is 0 Å². The van der Waals surface area contributed by atoms with Gasteiger partial charge in [-0.15, -0.1) is 0 Å². The van der Waals surface area contributed by atoms with Crippen molar-refractivity contribution in [3.05, 3.63) is 57.5 Å². The second-order valence-electron chi connectivity index (χ2n) is 3.70. The zero-order valence-electron chi connectivity index (χ0n) is 8.87. The lowest BCUT2D eigenvalue weighted by atomic mass is 10.0. The zero-order valence-corrected chi connectivity index (χ0v) is 9.68. The lowest BCUT2D eigenvalue weighted by Gasteiger charge is -2.01. The maximum Gasteiger partial charge on any atom is 0.167 e. The Kier molecular flexibility index (Phi) is 3.15. The molecule has 0 aliphatic heterocycles. The Morgan fingerprint density at radius 1 is 1.38 bits per heavy atom.